The molecule has 5 heteroatoms. The van der Waals surface area contributed by atoms with Crippen LogP contribution in [0.5, 0.6) is 5.75 Å². The van der Waals surface area contributed by atoms with Crippen LogP contribution in [0.1, 0.15) is 5.56 Å². The van der Waals surface area contributed by atoms with Gasteiger partial charge in [0.2, 0.25) is 0 Å². The highest BCUT2D eigenvalue weighted by atomic mass is 79.9. The number of benzene rings is 2. The van der Waals surface area contributed by atoms with Gasteiger partial charge in [-0.1, -0.05) is 34.1 Å². The number of hydrogen-bond acceptors (Lipinski definition) is 4. The lowest BCUT2D eigenvalue weighted by Gasteiger charge is -2.04. The van der Waals surface area contributed by atoms with E-state index >= 15 is 0 Å². The molecule has 0 radical (unpaired) electrons. The van der Waals surface area contributed by atoms with Crippen LogP contribution in [0, 0.1) is 6.92 Å². The van der Waals surface area contributed by atoms with Gasteiger partial charge in [-0.15, -0.1) is 10.2 Å². The Morgan fingerprint density at radius 2 is 1.95 bits per heavy atom. The monoisotopic (exact) mass is 341 g/mol. The second-order valence-electron chi connectivity index (χ2n) is 4.64. The number of aromatic hydroxyl groups is 1. The zero-order valence-electron chi connectivity index (χ0n) is 11.3. The van der Waals surface area contributed by atoms with Crippen molar-refractivity contribution in [2.45, 2.75) is 6.92 Å². The Hall–Kier alpha value is -2.27. The average Bonchev–Trinajstić information content (AvgIpc) is 2.48. The van der Waals surface area contributed by atoms with Gasteiger partial charge in [-0.25, -0.2) is 4.98 Å². The van der Waals surface area contributed by atoms with Gasteiger partial charge >= 0.3 is 0 Å². The number of fused-ring (bicyclic) bond motifs is 1. The van der Waals surface area contributed by atoms with Crippen molar-refractivity contribution in [2.75, 3.05) is 0 Å². The number of azo groups is 1. The molecule has 3 aromatic rings. The van der Waals surface area contributed by atoms with Gasteiger partial charge < -0.3 is 5.11 Å². The van der Waals surface area contributed by atoms with Crippen LogP contribution in [0.4, 0.5) is 11.5 Å². The number of phenols is 1. The van der Waals surface area contributed by atoms with E-state index < -0.39 is 0 Å². The molecule has 0 fully saturated rings. The summed E-state index contributed by atoms with van der Waals surface area (Å²) in [5, 5.41) is 20.2. The van der Waals surface area contributed by atoms with Crippen molar-refractivity contribution in [3.05, 3.63) is 58.7 Å². The second kappa shape index (κ2) is 5.61. The maximum Gasteiger partial charge on any atom is 0.177 e. The maximum absolute atomic E-state index is 10.0. The number of hydrogen-bond donors (Lipinski definition) is 1. The Labute approximate surface area is 130 Å². The number of pyridine rings is 1. The van der Waals surface area contributed by atoms with E-state index in [1.165, 1.54) is 0 Å². The molecule has 0 amide bonds. The third-order valence-corrected chi connectivity index (χ3v) is 3.65. The van der Waals surface area contributed by atoms with Gasteiger partial charge in [-0.2, -0.15) is 0 Å². The van der Waals surface area contributed by atoms with Gasteiger partial charge in [0.25, 0.3) is 0 Å². The van der Waals surface area contributed by atoms with E-state index in [0.29, 0.717) is 11.5 Å². The summed E-state index contributed by atoms with van der Waals surface area (Å²) in [6, 6.07) is 13.0. The predicted molar refractivity (Wildman–Crippen MR) is 86.5 cm³/mol. The fourth-order valence-electron chi connectivity index (χ4n) is 2.06. The molecule has 1 N–H and O–H groups in total. The lowest BCUT2D eigenvalue weighted by Crippen LogP contribution is -1.78. The number of aryl methyl sites for hydroxylation is 1. The molecule has 4 nitrogen and oxygen atoms in total. The van der Waals surface area contributed by atoms with Crippen molar-refractivity contribution in [1.29, 1.82) is 0 Å². The van der Waals surface area contributed by atoms with Crippen molar-refractivity contribution < 1.29 is 5.11 Å². The molecule has 0 unspecified atom stereocenters. The van der Waals surface area contributed by atoms with Crippen molar-refractivity contribution in [3.63, 3.8) is 0 Å². The number of nitrogens with zero attached hydrogens (tertiary/aromatic N) is 3. The fourth-order valence-corrected chi connectivity index (χ4v) is 2.44. The molecule has 0 aliphatic rings. The van der Waals surface area contributed by atoms with E-state index in [4.69, 9.17) is 0 Å². The molecule has 3 rings (SSSR count). The first-order valence-corrected chi connectivity index (χ1v) is 7.19. The minimum Gasteiger partial charge on any atom is -0.506 e. The van der Waals surface area contributed by atoms with Gasteiger partial charge in [-0.3, -0.25) is 0 Å². The van der Waals surface area contributed by atoms with Gasteiger partial charge in [0.15, 0.2) is 5.82 Å². The van der Waals surface area contributed by atoms with Crippen LogP contribution in [0.2, 0.25) is 0 Å². The summed E-state index contributed by atoms with van der Waals surface area (Å²) in [6.45, 7) is 1.92. The van der Waals surface area contributed by atoms with Crippen LogP contribution in [-0.4, -0.2) is 10.1 Å². The molecule has 0 saturated carbocycles. The number of halogens is 1. The first-order valence-electron chi connectivity index (χ1n) is 6.40. The lowest BCUT2D eigenvalue weighted by molar-refractivity contribution is 0.477. The molecule has 1 aromatic heterocycles. The van der Waals surface area contributed by atoms with E-state index in [1.54, 1.807) is 12.3 Å². The van der Waals surface area contributed by atoms with Crippen LogP contribution in [-0.2, 0) is 0 Å². The Bertz CT molecular complexity index is 846. The third kappa shape index (κ3) is 2.78. The lowest BCUT2D eigenvalue weighted by atomic mass is 10.1. The Kier molecular flexibility index (Phi) is 3.66. The van der Waals surface area contributed by atoms with Crippen molar-refractivity contribution in [3.8, 4) is 5.75 Å². The first-order chi connectivity index (χ1) is 10.1. The van der Waals surface area contributed by atoms with Gasteiger partial charge in [0, 0.05) is 16.1 Å². The molecule has 21 heavy (non-hydrogen) atoms. The molecule has 0 spiro atoms. The van der Waals surface area contributed by atoms with Gasteiger partial charge in [0.05, 0.1) is 0 Å². The zero-order chi connectivity index (χ0) is 14.8. The Morgan fingerprint density at radius 1 is 1.10 bits per heavy atom. The molecule has 0 aliphatic heterocycles. The number of aromatic nitrogens is 1. The summed E-state index contributed by atoms with van der Waals surface area (Å²) >= 11 is 3.43. The van der Waals surface area contributed by atoms with Crippen LogP contribution in [0.3, 0.4) is 0 Å². The SMILES string of the molecule is Cc1cccnc1/N=N/c1c(O)ccc2cc(Br)ccc12. The molecular formula is C16H12BrN3O. The summed E-state index contributed by atoms with van der Waals surface area (Å²) < 4.78 is 0.976. The van der Waals surface area contributed by atoms with Crippen molar-refractivity contribution in [2.24, 2.45) is 10.2 Å². The van der Waals surface area contributed by atoms with Crippen molar-refractivity contribution in [1.82, 2.24) is 4.98 Å². The predicted octanol–water partition coefficient (Wildman–Crippen LogP) is 5.43. The van der Waals surface area contributed by atoms with E-state index in [9.17, 15) is 5.11 Å². The number of rotatable bonds is 2. The third-order valence-electron chi connectivity index (χ3n) is 3.16. The number of phenolic OH excluding ortho intramolecular Hbond substituents is 1. The van der Waals surface area contributed by atoms with Crippen LogP contribution in [0.25, 0.3) is 10.8 Å². The standard InChI is InChI=1S/C16H12BrN3O/c1-10-3-2-8-18-16(10)20-19-15-13-6-5-12(17)9-11(13)4-7-14(15)21/h2-9,21H,1H3/b20-19+. The molecule has 0 saturated heterocycles. The largest absolute Gasteiger partial charge is 0.506 e. The summed E-state index contributed by atoms with van der Waals surface area (Å²) in [5.41, 5.74) is 1.38. The molecule has 2 aromatic carbocycles. The van der Waals surface area contributed by atoms with Gasteiger partial charge in [-0.05, 0) is 42.1 Å². The minimum absolute atomic E-state index is 0.0992. The highest BCUT2D eigenvalue weighted by Crippen LogP contribution is 2.37. The van der Waals surface area contributed by atoms with E-state index in [0.717, 1.165) is 20.8 Å². The second-order valence-corrected chi connectivity index (χ2v) is 5.56. The molecule has 0 atom stereocenters. The fraction of sp³-hybridized carbons (Fsp3) is 0.0625. The minimum atomic E-state index is 0.0992. The van der Waals surface area contributed by atoms with Crippen LogP contribution >= 0.6 is 15.9 Å². The van der Waals surface area contributed by atoms with E-state index in [1.807, 2.05) is 43.3 Å². The average molecular weight is 342 g/mol. The molecule has 0 aliphatic carbocycles. The highest BCUT2D eigenvalue weighted by Gasteiger charge is 2.07. The highest BCUT2D eigenvalue weighted by molar-refractivity contribution is 9.10. The normalized spacial score (nSPS) is 11.3. The quantitative estimate of drug-likeness (QED) is 0.632. The molecule has 104 valence electrons. The smallest absolute Gasteiger partial charge is 0.177 e. The zero-order valence-corrected chi connectivity index (χ0v) is 12.9. The Morgan fingerprint density at radius 3 is 2.76 bits per heavy atom. The Balaban J connectivity index is 2.12. The molecule has 1 heterocycles. The summed E-state index contributed by atoms with van der Waals surface area (Å²) in [6.07, 6.45) is 1.67. The summed E-state index contributed by atoms with van der Waals surface area (Å²) in [4.78, 5) is 4.17. The van der Waals surface area contributed by atoms with E-state index in [2.05, 4.69) is 31.1 Å². The maximum atomic E-state index is 10.0. The van der Waals surface area contributed by atoms with Crippen molar-refractivity contribution >= 4 is 38.2 Å². The van der Waals surface area contributed by atoms with Crippen LogP contribution in [0.15, 0.2) is 63.4 Å². The topological polar surface area (TPSA) is 57.8 Å². The van der Waals surface area contributed by atoms with E-state index in [-0.39, 0.29) is 5.75 Å². The van der Waals surface area contributed by atoms with Gasteiger partial charge in [0.1, 0.15) is 11.4 Å². The summed E-state index contributed by atoms with van der Waals surface area (Å²) in [7, 11) is 0. The summed E-state index contributed by atoms with van der Waals surface area (Å²) in [5.74, 6) is 0.646. The molecule has 0 bridgehead atoms. The first kappa shape index (κ1) is 13.7. The molecular weight excluding hydrogens is 330 g/mol. The van der Waals surface area contributed by atoms with Crippen LogP contribution < -0.4 is 0 Å².